The highest BCUT2D eigenvalue weighted by Gasteiger charge is 2.15. The first kappa shape index (κ1) is 15.2. The monoisotopic (exact) mass is 319 g/mol. The second kappa shape index (κ2) is 6.98. The van der Waals surface area contributed by atoms with Gasteiger partial charge in [-0.05, 0) is 30.3 Å². The van der Waals surface area contributed by atoms with Crippen molar-refractivity contribution in [3.05, 3.63) is 58.6 Å². The molecule has 106 valence electrons. The highest BCUT2D eigenvalue weighted by atomic mass is 35.5. The fraction of sp³-hybridized carbons (Fsp3) is 0.0667. The van der Waals surface area contributed by atoms with Crippen molar-refractivity contribution in [3.63, 3.8) is 0 Å². The number of nitrogens with one attached hydrogen (secondary N) is 1. The Labute approximate surface area is 132 Å². The molecule has 1 N–H and O–H groups in total. The van der Waals surface area contributed by atoms with Crippen molar-refractivity contribution in [1.82, 2.24) is 0 Å². The first-order chi connectivity index (χ1) is 10.1. The molecule has 6 heteroatoms. The van der Waals surface area contributed by atoms with Crippen LogP contribution in [0.4, 0.5) is 16.2 Å². The van der Waals surface area contributed by atoms with Crippen molar-refractivity contribution < 1.29 is 4.79 Å². The van der Waals surface area contributed by atoms with Gasteiger partial charge in [-0.1, -0.05) is 41.4 Å². The number of benzene rings is 2. The van der Waals surface area contributed by atoms with E-state index in [0.29, 0.717) is 21.4 Å². The van der Waals surface area contributed by atoms with Gasteiger partial charge in [-0.3, -0.25) is 4.90 Å². The maximum atomic E-state index is 12.3. The van der Waals surface area contributed by atoms with Crippen LogP contribution in [0.3, 0.4) is 0 Å². The van der Waals surface area contributed by atoms with E-state index < -0.39 is 6.03 Å². The number of carbonyl (C=O) groups is 1. The maximum absolute atomic E-state index is 12.3. The Kier molecular flexibility index (Phi) is 5.04. The third kappa shape index (κ3) is 3.88. The largest absolute Gasteiger partial charge is 0.327 e. The van der Waals surface area contributed by atoms with Gasteiger partial charge in [-0.15, -0.1) is 0 Å². The van der Waals surface area contributed by atoms with E-state index in [9.17, 15) is 4.79 Å². The van der Waals surface area contributed by atoms with E-state index in [1.807, 2.05) is 12.1 Å². The third-order valence-corrected chi connectivity index (χ3v) is 3.45. The van der Waals surface area contributed by atoms with Crippen LogP contribution < -0.4 is 10.2 Å². The van der Waals surface area contributed by atoms with E-state index in [2.05, 4.69) is 5.32 Å². The van der Waals surface area contributed by atoms with Crippen LogP contribution in [-0.2, 0) is 0 Å². The van der Waals surface area contributed by atoms with E-state index in [-0.39, 0.29) is 6.54 Å². The molecule has 0 aliphatic rings. The number of hydrogen-bond donors (Lipinski definition) is 1. The Morgan fingerprint density at radius 2 is 1.86 bits per heavy atom. The molecule has 0 unspecified atom stereocenters. The molecule has 0 aliphatic carbocycles. The van der Waals surface area contributed by atoms with E-state index in [1.54, 1.807) is 42.5 Å². The lowest BCUT2D eigenvalue weighted by Crippen LogP contribution is -2.35. The van der Waals surface area contributed by atoms with Crippen LogP contribution in [0.5, 0.6) is 0 Å². The van der Waals surface area contributed by atoms with Crippen LogP contribution in [-0.4, -0.2) is 12.6 Å². The normalized spacial score (nSPS) is 9.76. The molecule has 2 amide bonds. The molecule has 21 heavy (non-hydrogen) atoms. The van der Waals surface area contributed by atoms with Gasteiger partial charge in [0.25, 0.3) is 0 Å². The summed E-state index contributed by atoms with van der Waals surface area (Å²) in [5.74, 6) is 0. The van der Waals surface area contributed by atoms with Crippen molar-refractivity contribution >= 4 is 40.6 Å². The molecule has 0 radical (unpaired) electrons. The summed E-state index contributed by atoms with van der Waals surface area (Å²) in [5, 5.41) is 12.3. The Hall–Kier alpha value is -2.22. The average Bonchev–Trinajstić information content (AvgIpc) is 2.49. The van der Waals surface area contributed by atoms with Crippen LogP contribution in [0.2, 0.25) is 10.0 Å². The van der Waals surface area contributed by atoms with E-state index in [1.165, 1.54) is 4.90 Å². The fourth-order valence-corrected chi connectivity index (χ4v) is 2.02. The van der Waals surface area contributed by atoms with Crippen LogP contribution >= 0.6 is 23.2 Å². The molecule has 2 rings (SSSR count). The lowest BCUT2D eigenvalue weighted by atomic mass is 10.3. The van der Waals surface area contributed by atoms with Gasteiger partial charge in [0.15, 0.2) is 0 Å². The third-order valence-electron chi connectivity index (χ3n) is 2.71. The lowest BCUT2D eigenvalue weighted by Gasteiger charge is -2.20. The average molecular weight is 320 g/mol. The van der Waals surface area contributed by atoms with Gasteiger partial charge in [0.2, 0.25) is 0 Å². The number of anilines is 2. The quantitative estimate of drug-likeness (QED) is 0.843. The first-order valence-corrected chi connectivity index (χ1v) is 6.83. The number of carbonyl (C=O) groups excluding carboxylic acids is 1. The van der Waals surface area contributed by atoms with Crippen molar-refractivity contribution in [2.45, 2.75) is 0 Å². The lowest BCUT2D eigenvalue weighted by molar-refractivity contribution is 0.257. The Morgan fingerprint density at radius 1 is 1.14 bits per heavy atom. The van der Waals surface area contributed by atoms with Gasteiger partial charge < -0.3 is 5.32 Å². The van der Waals surface area contributed by atoms with Gasteiger partial charge in [-0.2, -0.15) is 5.26 Å². The van der Waals surface area contributed by atoms with Crippen LogP contribution in [0.15, 0.2) is 48.5 Å². The predicted octanol–water partition coefficient (Wildman–Crippen LogP) is 4.56. The van der Waals surface area contributed by atoms with Crippen molar-refractivity contribution in [2.75, 3.05) is 16.8 Å². The molecular weight excluding hydrogens is 309 g/mol. The van der Waals surface area contributed by atoms with E-state index >= 15 is 0 Å². The molecule has 0 atom stereocenters. The minimum Gasteiger partial charge on any atom is -0.307 e. The Balaban J connectivity index is 2.19. The number of amides is 2. The number of nitrogens with zero attached hydrogens (tertiary/aromatic N) is 2. The Morgan fingerprint density at radius 3 is 2.48 bits per heavy atom. The molecule has 4 nitrogen and oxygen atoms in total. The highest BCUT2D eigenvalue weighted by Crippen LogP contribution is 2.25. The maximum Gasteiger partial charge on any atom is 0.327 e. The number of rotatable bonds is 3. The number of urea groups is 1. The van der Waals surface area contributed by atoms with Crippen LogP contribution in [0.25, 0.3) is 0 Å². The predicted molar refractivity (Wildman–Crippen MR) is 84.9 cm³/mol. The summed E-state index contributed by atoms with van der Waals surface area (Å²) in [6.07, 6.45) is 0. The van der Waals surface area contributed by atoms with Gasteiger partial charge in [0, 0.05) is 11.4 Å². The Bertz CT molecular complexity index is 683. The van der Waals surface area contributed by atoms with Crippen molar-refractivity contribution in [2.24, 2.45) is 0 Å². The number of para-hydroxylation sites is 1. The first-order valence-electron chi connectivity index (χ1n) is 6.07. The van der Waals surface area contributed by atoms with Crippen molar-refractivity contribution in [1.29, 1.82) is 5.26 Å². The second-order valence-corrected chi connectivity index (χ2v) is 4.95. The summed E-state index contributed by atoms with van der Waals surface area (Å²) in [6, 6.07) is 15.3. The molecule has 0 aromatic heterocycles. The molecule has 2 aromatic rings. The molecular formula is C15H11Cl2N3O. The molecule has 0 spiro atoms. The summed E-state index contributed by atoms with van der Waals surface area (Å²) in [6.45, 7) is -0.0584. The number of halogens is 2. The summed E-state index contributed by atoms with van der Waals surface area (Å²) < 4.78 is 0. The fourth-order valence-electron chi connectivity index (χ4n) is 1.72. The SMILES string of the molecule is N#CCN(C(=O)Nc1ccc(Cl)c(Cl)c1)c1ccccc1. The summed E-state index contributed by atoms with van der Waals surface area (Å²) in [7, 11) is 0. The molecule has 0 bridgehead atoms. The molecule has 0 saturated heterocycles. The molecule has 0 fully saturated rings. The summed E-state index contributed by atoms with van der Waals surface area (Å²) >= 11 is 11.7. The zero-order valence-corrected chi connectivity index (χ0v) is 12.4. The van der Waals surface area contributed by atoms with Crippen LogP contribution in [0.1, 0.15) is 0 Å². The molecule has 0 aliphatic heterocycles. The zero-order valence-electron chi connectivity index (χ0n) is 10.9. The standard InChI is InChI=1S/C15H11Cl2N3O/c16-13-7-6-11(10-14(13)17)19-15(21)20(9-8-18)12-4-2-1-3-5-12/h1-7,10H,9H2,(H,19,21). The molecule has 0 saturated carbocycles. The minimum absolute atomic E-state index is 0.0584. The smallest absolute Gasteiger partial charge is 0.307 e. The number of hydrogen-bond acceptors (Lipinski definition) is 2. The van der Waals surface area contributed by atoms with E-state index in [0.717, 1.165) is 0 Å². The number of nitriles is 1. The van der Waals surface area contributed by atoms with Crippen LogP contribution in [0, 0.1) is 11.3 Å². The molecule has 2 aromatic carbocycles. The minimum atomic E-state index is -0.416. The van der Waals surface area contributed by atoms with Gasteiger partial charge in [0.1, 0.15) is 6.54 Å². The van der Waals surface area contributed by atoms with E-state index in [4.69, 9.17) is 28.5 Å². The van der Waals surface area contributed by atoms with Gasteiger partial charge in [-0.25, -0.2) is 4.79 Å². The zero-order chi connectivity index (χ0) is 15.2. The van der Waals surface area contributed by atoms with Crippen molar-refractivity contribution in [3.8, 4) is 6.07 Å². The summed E-state index contributed by atoms with van der Waals surface area (Å²) in [4.78, 5) is 13.6. The van der Waals surface area contributed by atoms with Gasteiger partial charge >= 0.3 is 6.03 Å². The summed E-state index contributed by atoms with van der Waals surface area (Å²) in [5.41, 5.74) is 1.14. The van der Waals surface area contributed by atoms with Gasteiger partial charge in [0.05, 0.1) is 16.1 Å². The topological polar surface area (TPSA) is 56.1 Å². The highest BCUT2D eigenvalue weighted by molar-refractivity contribution is 6.42. The second-order valence-electron chi connectivity index (χ2n) is 4.14. The molecule has 0 heterocycles.